The zero-order valence-corrected chi connectivity index (χ0v) is 11.8. The fourth-order valence-corrected chi connectivity index (χ4v) is 1.91. The Balaban J connectivity index is 1.60. The molecule has 0 saturated heterocycles. The summed E-state index contributed by atoms with van der Waals surface area (Å²) >= 11 is 0. The van der Waals surface area contributed by atoms with Crippen LogP contribution in [0.4, 0.5) is 0 Å². The van der Waals surface area contributed by atoms with Gasteiger partial charge in [0.25, 0.3) is 0 Å². The van der Waals surface area contributed by atoms with Crippen molar-refractivity contribution in [2.45, 2.75) is 13.2 Å². The molecule has 21 heavy (non-hydrogen) atoms. The molecule has 0 unspecified atom stereocenters. The maximum absolute atomic E-state index is 10.7. The summed E-state index contributed by atoms with van der Waals surface area (Å²) in [6.45, 7) is 2.72. The van der Waals surface area contributed by atoms with E-state index >= 15 is 0 Å². The van der Waals surface area contributed by atoms with Crippen molar-refractivity contribution in [3.63, 3.8) is 0 Å². The summed E-state index contributed by atoms with van der Waals surface area (Å²) in [5.41, 5.74) is 2.52. The van der Waals surface area contributed by atoms with Crippen LogP contribution in [0.1, 0.15) is 21.5 Å². The number of nitrogens with one attached hydrogen (secondary N) is 1. The summed E-state index contributed by atoms with van der Waals surface area (Å²) in [4.78, 5) is 10.7. The van der Waals surface area contributed by atoms with Gasteiger partial charge in [-0.15, -0.1) is 0 Å². The van der Waals surface area contributed by atoms with E-state index < -0.39 is 5.97 Å². The van der Waals surface area contributed by atoms with Gasteiger partial charge in [-0.05, 0) is 23.3 Å². The minimum Gasteiger partial charge on any atom is -0.478 e. The Morgan fingerprint density at radius 1 is 1.00 bits per heavy atom. The van der Waals surface area contributed by atoms with Crippen molar-refractivity contribution in [2.24, 2.45) is 0 Å². The number of benzene rings is 2. The molecule has 0 atom stereocenters. The molecule has 0 spiro atoms. The van der Waals surface area contributed by atoms with Crippen LogP contribution in [0, 0.1) is 0 Å². The molecule has 0 amide bonds. The molecule has 0 aliphatic carbocycles. The van der Waals surface area contributed by atoms with Gasteiger partial charge in [-0.1, -0.05) is 42.5 Å². The fraction of sp³-hybridized carbons (Fsp3) is 0.235. The lowest BCUT2D eigenvalue weighted by molar-refractivity contribution is 0.0696. The first-order valence-corrected chi connectivity index (χ1v) is 6.90. The molecule has 2 rings (SSSR count). The third-order valence-corrected chi connectivity index (χ3v) is 3.06. The van der Waals surface area contributed by atoms with Crippen LogP contribution in [0.25, 0.3) is 0 Å². The van der Waals surface area contributed by atoms with Crippen LogP contribution in [0.2, 0.25) is 0 Å². The molecular weight excluding hydrogens is 266 g/mol. The number of hydrogen-bond donors (Lipinski definition) is 2. The highest BCUT2D eigenvalue weighted by Gasteiger charge is 2.01. The fourth-order valence-electron chi connectivity index (χ4n) is 1.91. The molecule has 0 saturated carbocycles. The van der Waals surface area contributed by atoms with E-state index in [0.717, 1.165) is 18.7 Å². The molecule has 0 aliphatic rings. The molecule has 0 radical (unpaired) electrons. The van der Waals surface area contributed by atoms with Gasteiger partial charge < -0.3 is 15.2 Å². The van der Waals surface area contributed by atoms with E-state index in [4.69, 9.17) is 9.84 Å². The first-order valence-electron chi connectivity index (χ1n) is 6.90. The maximum atomic E-state index is 10.7. The van der Waals surface area contributed by atoms with E-state index in [9.17, 15) is 4.79 Å². The lowest BCUT2D eigenvalue weighted by Crippen LogP contribution is -2.19. The van der Waals surface area contributed by atoms with E-state index in [1.54, 1.807) is 24.3 Å². The summed E-state index contributed by atoms with van der Waals surface area (Å²) < 4.78 is 5.55. The highest BCUT2D eigenvalue weighted by atomic mass is 16.5. The van der Waals surface area contributed by atoms with E-state index in [1.165, 1.54) is 5.56 Å². The molecule has 2 N–H and O–H groups in total. The van der Waals surface area contributed by atoms with Crippen molar-refractivity contribution >= 4 is 5.97 Å². The van der Waals surface area contributed by atoms with Gasteiger partial charge in [0.05, 0.1) is 18.8 Å². The van der Waals surface area contributed by atoms with Crippen LogP contribution in [-0.2, 0) is 17.9 Å². The molecule has 4 nitrogen and oxygen atoms in total. The quantitative estimate of drug-likeness (QED) is 0.732. The Morgan fingerprint density at radius 2 is 1.71 bits per heavy atom. The Bertz CT molecular complexity index is 552. The zero-order chi connectivity index (χ0) is 14.9. The van der Waals surface area contributed by atoms with Crippen molar-refractivity contribution in [2.75, 3.05) is 13.2 Å². The number of carbonyl (C=O) groups is 1. The lowest BCUT2D eigenvalue weighted by Gasteiger charge is -2.07. The molecule has 0 bridgehead atoms. The first-order chi connectivity index (χ1) is 10.3. The van der Waals surface area contributed by atoms with Gasteiger partial charge in [0.2, 0.25) is 0 Å². The molecular formula is C17H19NO3. The van der Waals surface area contributed by atoms with Gasteiger partial charge in [0.1, 0.15) is 0 Å². The third-order valence-electron chi connectivity index (χ3n) is 3.06. The molecule has 0 heterocycles. The molecule has 2 aromatic carbocycles. The summed E-state index contributed by atoms with van der Waals surface area (Å²) in [7, 11) is 0. The van der Waals surface area contributed by atoms with Crippen molar-refractivity contribution in [1.29, 1.82) is 0 Å². The molecule has 2 aromatic rings. The van der Waals surface area contributed by atoms with Crippen molar-refractivity contribution in [3.8, 4) is 0 Å². The van der Waals surface area contributed by atoms with Crippen molar-refractivity contribution in [1.82, 2.24) is 5.32 Å². The summed E-state index contributed by atoms with van der Waals surface area (Å²) in [6, 6.07) is 17.0. The number of aromatic carboxylic acids is 1. The SMILES string of the molecule is O=C(O)c1ccc(COCCNCc2ccccc2)cc1. The Kier molecular flexibility index (Phi) is 5.94. The van der Waals surface area contributed by atoms with Crippen LogP contribution in [0.3, 0.4) is 0 Å². The van der Waals surface area contributed by atoms with Crippen molar-refractivity contribution < 1.29 is 14.6 Å². The average Bonchev–Trinajstić information content (AvgIpc) is 2.52. The highest BCUT2D eigenvalue weighted by Crippen LogP contribution is 2.05. The molecule has 110 valence electrons. The summed E-state index contributed by atoms with van der Waals surface area (Å²) in [6.07, 6.45) is 0. The predicted molar refractivity (Wildman–Crippen MR) is 81.2 cm³/mol. The largest absolute Gasteiger partial charge is 0.478 e. The van der Waals surface area contributed by atoms with Gasteiger partial charge in [-0.3, -0.25) is 0 Å². The minimum atomic E-state index is -0.910. The Morgan fingerprint density at radius 3 is 2.38 bits per heavy atom. The molecule has 0 aromatic heterocycles. The predicted octanol–water partition coefficient (Wildman–Crippen LogP) is 2.69. The second kappa shape index (κ2) is 8.19. The number of hydrogen-bond acceptors (Lipinski definition) is 3. The Hall–Kier alpha value is -2.17. The van der Waals surface area contributed by atoms with Crippen LogP contribution in [-0.4, -0.2) is 24.2 Å². The van der Waals surface area contributed by atoms with Gasteiger partial charge >= 0.3 is 5.97 Å². The Labute approximate surface area is 124 Å². The van der Waals surface area contributed by atoms with E-state index in [-0.39, 0.29) is 0 Å². The number of carboxylic acids is 1. The van der Waals surface area contributed by atoms with Crippen LogP contribution >= 0.6 is 0 Å². The normalized spacial score (nSPS) is 10.5. The molecule has 0 fully saturated rings. The average molecular weight is 285 g/mol. The maximum Gasteiger partial charge on any atom is 0.335 e. The second-order valence-corrected chi connectivity index (χ2v) is 4.72. The van der Waals surface area contributed by atoms with Crippen LogP contribution in [0.5, 0.6) is 0 Å². The van der Waals surface area contributed by atoms with Gasteiger partial charge in [0.15, 0.2) is 0 Å². The highest BCUT2D eigenvalue weighted by molar-refractivity contribution is 5.87. The lowest BCUT2D eigenvalue weighted by atomic mass is 10.1. The topological polar surface area (TPSA) is 58.6 Å². The van der Waals surface area contributed by atoms with Crippen LogP contribution < -0.4 is 5.32 Å². The third kappa shape index (κ3) is 5.38. The van der Waals surface area contributed by atoms with Crippen LogP contribution in [0.15, 0.2) is 54.6 Å². The smallest absolute Gasteiger partial charge is 0.335 e. The standard InChI is InChI=1S/C17H19NO3/c19-17(20)16-8-6-15(7-9-16)13-21-11-10-18-12-14-4-2-1-3-5-14/h1-9,18H,10-13H2,(H,19,20). The first kappa shape index (κ1) is 15.2. The molecule has 0 aliphatic heterocycles. The van der Waals surface area contributed by atoms with E-state index in [2.05, 4.69) is 17.4 Å². The van der Waals surface area contributed by atoms with Crippen molar-refractivity contribution in [3.05, 3.63) is 71.3 Å². The van der Waals surface area contributed by atoms with Gasteiger partial charge in [-0.2, -0.15) is 0 Å². The monoisotopic (exact) mass is 285 g/mol. The second-order valence-electron chi connectivity index (χ2n) is 4.72. The van der Waals surface area contributed by atoms with Gasteiger partial charge in [-0.25, -0.2) is 4.79 Å². The summed E-state index contributed by atoms with van der Waals surface area (Å²) in [5.74, 6) is -0.910. The number of ether oxygens (including phenoxy) is 1. The minimum absolute atomic E-state index is 0.295. The zero-order valence-electron chi connectivity index (χ0n) is 11.8. The number of carboxylic acid groups (broad SMARTS) is 1. The molecule has 4 heteroatoms. The van der Waals surface area contributed by atoms with E-state index in [0.29, 0.717) is 18.8 Å². The summed E-state index contributed by atoms with van der Waals surface area (Å²) in [5, 5.41) is 12.1. The van der Waals surface area contributed by atoms with E-state index in [1.807, 2.05) is 18.2 Å². The number of rotatable bonds is 8. The van der Waals surface area contributed by atoms with Gasteiger partial charge in [0, 0.05) is 13.1 Å².